The van der Waals surface area contributed by atoms with E-state index in [2.05, 4.69) is 0 Å². The molecule has 0 saturated carbocycles. The van der Waals surface area contributed by atoms with Crippen molar-refractivity contribution in [1.29, 1.82) is 0 Å². The van der Waals surface area contributed by atoms with E-state index in [0.717, 1.165) is 0 Å². The van der Waals surface area contributed by atoms with Gasteiger partial charge < -0.3 is 4.57 Å². The first-order valence-corrected chi connectivity index (χ1v) is 6.43. The standard InChI is InChI=1S/C7H14ClO2P/c1-3-11(10,4-2)6-5-7(8)9/h3-6H2,1-2H3. The molecule has 0 N–H and O–H groups in total. The first-order chi connectivity index (χ1) is 5.04. The molecule has 0 spiro atoms. The summed E-state index contributed by atoms with van der Waals surface area (Å²) in [5, 5.41) is -0.382. The maximum atomic E-state index is 11.6. The van der Waals surface area contributed by atoms with Crippen LogP contribution in [0.4, 0.5) is 0 Å². The number of hydrogen-bond donors (Lipinski definition) is 0. The van der Waals surface area contributed by atoms with E-state index in [1.165, 1.54) is 0 Å². The summed E-state index contributed by atoms with van der Waals surface area (Å²) in [6, 6.07) is 0. The molecule has 66 valence electrons. The third kappa shape index (κ3) is 4.60. The molecule has 0 radical (unpaired) electrons. The zero-order chi connectivity index (χ0) is 8.91. The Morgan fingerprint density at radius 2 is 1.82 bits per heavy atom. The fraction of sp³-hybridized carbons (Fsp3) is 0.857. The Morgan fingerprint density at radius 3 is 2.09 bits per heavy atom. The molecule has 0 heterocycles. The van der Waals surface area contributed by atoms with Gasteiger partial charge in [0.1, 0.15) is 0 Å². The normalized spacial score (nSPS) is 11.5. The second-order valence-corrected chi connectivity index (χ2v) is 6.77. The molecule has 0 atom stereocenters. The van der Waals surface area contributed by atoms with Gasteiger partial charge in [-0.25, -0.2) is 0 Å². The van der Waals surface area contributed by atoms with Crippen molar-refractivity contribution in [2.45, 2.75) is 20.3 Å². The summed E-state index contributed by atoms with van der Waals surface area (Å²) >= 11 is 5.14. The molecule has 0 aromatic heterocycles. The van der Waals surface area contributed by atoms with Gasteiger partial charge in [0.25, 0.3) is 0 Å². The predicted molar refractivity (Wildman–Crippen MR) is 49.0 cm³/mol. The first kappa shape index (κ1) is 11.2. The summed E-state index contributed by atoms with van der Waals surface area (Å²) in [7, 11) is -2.04. The van der Waals surface area contributed by atoms with Gasteiger partial charge in [-0.15, -0.1) is 0 Å². The zero-order valence-corrected chi connectivity index (χ0v) is 8.62. The minimum absolute atomic E-state index is 0.251. The van der Waals surface area contributed by atoms with Crippen LogP contribution < -0.4 is 0 Å². The first-order valence-electron chi connectivity index (χ1n) is 3.79. The smallest absolute Gasteiger partial charge is 0.222 e. The van der Waals surface area contributed by atoms with Gasteiger partial charge >= 0.3 is 0 Å². The van der Waals surface area contributed by atoms with E-state index >= 15 is 0 Å². The molecule has 2 nitrogen and oxygen atoms in total. The van der Waals surface area contributed by atoms with E-state index in [-0.39, 0.29) is 11.7 Å². The van der Waals surface area contributed by atoms with Gasteiger partial charge in [-0.05, 0) is 23.9 Å². The van der Waals surface area contributed by atoms with Crippen LogP contribution in [0.1, 0.15) is 20.3 Å². The Hall–Kier alpha value is 0.190. The van der Waals surface area contributed by atoms with Crippen LogP contribution in [-0.2, 0) is 9.36 Å². The van der Waals surface area contributed by atoms with E-state index in [1.807, 2.05) is 13.8 Å². The molecule has 0 aliphatic rings. The van der Waals surface area contributed by atoms with Crippen LogP contribution in [0.2, 0.25) is 0 Å². The van der Waals surface area contributed by atoms with Gasteiger partial charge in [0, 0.05) is 12.6 Å². The van der Waals surface area contributed by atoms with Gasteiger partial charge in [-0.2, -0.15) is 0 Å². The van der Waals surface area contributed by atoms with Crippen molar-refractivity contribution < 1.29 is 9.36 Å². The molecular formula is C7H14ClO2P. The minimum atomic E-state index is -2.04. The molecule has 0 aromatic carbocycles. The predicted octanol–water partition coefficient (Wildman–Crippen LogP) is 2.54. The van der Waals surface area contributed by atoms with Gasteiger partial charge in [-0.1, -0.05) is 13.8 Å². The molecule has 11 heavy (non-hydrogen) atoms. The summed E-state index contributed by atoms with van der Waals surface area (Å²) in [6.45, 7) is 3.78. The largest absolute Gasteiger partial charge is 0.324 e. The molecule has 0 fully saturated rings. The van der Waals surface area contributed by atoms with Gasteiger partial charge in [0.05, 0.1) is 7.14 Å². The van der Waals surface area contributed by atoms with Crippen LogP contribution in [0.15, 0.2) is 0 Å². The van der Waals surface area contributed by atoms with E-state index in [4.69, 9.17) is 11.6 Å². The molecule has 0 aromatic rings. The van der Waals surface area contributed by atoms with Crippen molar-refractivity contribution in [3.63, 3.8) is 0 Å². The highest BCUT2D eigenvalue weighted by atomic mass is 35.5. The topological polar surface area (TPSA) is 34.1 Å². The SMILES string of the molecule is CCP(=O)(CC)CCC(=O)Cl. The molecule has 0 aliphatic carbocycles. The highest BCUT2D eigenvalue weighted by Crippen LogP contribution is 2.44. The van der Waals surface area contributed by atoms with Crippen molar-refractivity contribution in [2.75, 3.05) is 18.5 Å². The van der Waals surface area contributed by atoms with Gasteiger partial charge in [0.15, 0.2) is 0 Å². The number of carbonyl (C=O) groups is 1. The fourth-order valence-electron chi connectivity index (χ4n) is 0.831. The summed E-state index contributed by atoms with van der Waals surface area (Å²) in [4.78, 5) is 10.4. The van der Waals surface area contributed by atoms with Crippen molar-refractivity contribution in [1.82, 2.24) is 0 Å². The average Bonchev–Trinajstić information content (AvgIpc) is 2.00. The third-order valence-corrected chi connectivity index (χ3v) is 5.40. The zero-order valence-electron chi connectivity index (χ0n) is 6.97. The van der Waals surface area contributed by atoms with Crippen molar-refractivity contribution in [3.05, 3.63) is 0 Å². The van der Waals surface area contributed by atoms with Crippen LogP contribution in [-0.4, -0.2) is 23.7 Å². The maximum absolute atomic E-state index is 11.6. The lowest BCUT2D eigenvalue weighted by atomic mass is 10.5. The quantitative estimate of drug-likeness (QED) is 0.500. The van der Waals surface area contributed by atoms with Crippen molar-refractivity contribution in [2.24, 2.45) is 0 Å². The van der Waals surface area contributed by atoms with Crippen molar-refractivity contribution in [3.8, 4) is 0 Å². The number of halogens is 1. The molecule has 0 saturated heterocycles. The average molecular weight is 197 g/mol. The second kappa shape index (κ2) is 4.95. The fourth-order valence-corrected chi connectivity index (χ4v) is 2.75. The lowest BCUT2D eigenvalue weighted by Gasteiger charge is -2.11. The molecule has 0 rings (SSSR count). The van der Waals surface area contributed by atoms with E-state index in [0.29, 0.717) is 18.5 Å². The van der Waals surface area contributed by atoms with E-state index in [9.17, 15) is 9.36 Å². The summed E-state index contributed by atoms with van der Waals surface area (Å²) in [5.41, 5.74) is 0. The lowest BCUT2D eigenvalue weighted by Crippen LogP contribution is -1.99. The monoisotopic (exact) mass is 196 g/mol. The van der Waals surface area contributed by atoms with Gasteiger partial charge in [0.2, 0.25) is 5.24 Å². The van der Waals surface area contributed by atoms with Crippen LogP contribution in [0.25, 0.3) is 0 Å². The van der Waals surface area contributed by atoms with E-state index < -0.39 is 7.14 Å². The molecule has 4 heteroatoms. The van der Waals surface area contributed by atoms with Gasteiger partial charge in [-0.3, -0.25) is 4.79 Å². The number of rotatable bonds is 5. The Morgan fingerprint density at radius 1 is 1.36 bits per heavy atom. The molecule has 0 amide bonds. The Kier molecular flexibility index (Phi) is 5.03. The summed E-state index contributed by atoms with van der Waals surface area (Å²) in [6.07, 6.45) is 2.07. The Bertz CT molecular complexity index is 171. The third-order valence-electron chi connectivity index (χ3n) is 1.87. The highest BCUT2D eigenvalue weighted by Gasteiger charge is 2.17. The van der Waals surface area contributed by atoms with Crippen LogP contribution in [0, 0.1) is 0 Å². The molecular weight excluding hydrogens is 183 g/mol. The van der Waals surface area contributed by atoms with Crippen LogP contribution in [0.3, 0.4) is 0 Å². The molecule has 0 aliphatic heterocycles. The number of carbonyl (C=O) groups excluding carboxylic acids is 1. The molecule has 0 bridgehead atoms. The second-order valence-electron chi connectivity index (χ2n) is 2.52. The highest BCUT2D eigenvalue weighted by molar-refractivity contribution is 7.63. The van der Waals surface area contributed by atoms with E-state index in [1.54, 1.807) is 0 Å². The molecule has 0 unspecified atom stereocenters. The van der Waals surface area contributed by atoms with Crippen LogP contribution in [0.5, 0.6) is 0 Å². The van der Waals surface area contributed by atoms with Crippen LogP contribution >= 0.6 is 18.7 Å². The maximum Gasteiger partial charge on any atom is 0.222 e. The summed E-state index contributed by atoms with van der Waals surface area (Å²) in [5.74, 6) is 0. The van der Waals surface area contributed by atoms with Crippen molar-refractivity contribution >= 4 is 24.0 Å². The Labute approximate surface area is 72.7 Å². The minimum Gasteiger partial charge on any atom is -0.324 e. The summed E-state index contributed by atoms with van der Waals surface area (Å²) < 4.78 is 11.6. The Balaban J connectivity index is 3.89. The number of hydrogen-bond acceptors (Lipinski definition) is 2. The lowest BCUT2D eigenvalue weighted by molar-refractivity contribution is -0.111.